The Morgan fingerprint density at radius 2 is 2.15 bits per heavy atom. The van der Waals surface area contributed by atoms with E-state index in [1.54, 1.807) is 23.9 Å². The summed E-state index contributed by atoms with van der Waals surface area (Å²) in [5.41, 5.74) is 0.937. The maximum absolute atomic E-state index is 12.2. The van der Waals surface area contributed by atoms with Crippen LogP contribution in [-0.4, -0.2) is 33.0 Å². The van der Waals surface area contributed by atoms with Crippen LogP contribution in [0, 0.1) is 0 Å². The van der Waals surface area contributed by atoms with E-state index >= 15 is 0 Å². The molecule has 1 aliphatic rings. The quantitative estimate of drug-likeness (QED) is 0.716. The Bertz CT molecular complexity index is 559. The molecule has 7 heteroatoms. The molecule has 0 saturated heterocycles. The van der Waals surface area contributed by atoms with Gasteiger partial charge in [-0.2, -0.15) is 11.8 Å². The summed E-state index contributed by atoms with van der Waals surface area (Å²) in [7, 11) is -3.53. The number of nitrogens with one attached hydrogen (secondary N) is 2. The second-order valence-corrected chi connectivity index (χ2v) is 7.94. The Labute approximate surface area is 129 Å². The number of benzene rings is 1. The molecule has 0 bridgehead atoms. The summed E-state index contributed by atoms with van der Waals surface area (Å²) in [5.74, 6) is 0.736. The monoisotopic (exact) mass is 334 g/mol. The van der Waals surface area contributed by atoms with Gasteiger partial charge >= 0.3 is 0 Å². The Morgan fingerprint density at radius 3 is 2.80 bits per heavy atom. The van der Waals surface area contributed by atoms with Gasteiger partial charge in [0.25, 0.3) is 0 Å². The minimum absolute atomic E-state index is 0.162. The summed E-state index contributed by atoms with van der Waals surface area (Å²) in [6, 6.07) is 5.75. The van der Waals surface area contributed by atoms with E-state index in [-0.39, 0.29) is 9.92 Å². The van der Waals surface area contributed by atoms with Gasteiger partial charge in [0.15, 0.2) is 0 Å². The zero-order valence-corrected chi connectivity index (χ0v) is 13.7. The van der Waals surface area contributed by atoms with Gasteiger partial charge in [0, 0.05) is 24.9 Å². The summed E-state index contributed by atoms with van der Waals surface area (Å²) >= 11 is 7.62. The van der Waals surface area contributed by atoms with E-state index in [4.69, 9.17) is 11.6 Å². The van der Waals surface area contributed by atoms with E-state index in [1.165, 1.54) is 12.8 Å². The van der Waals surface area contributed by atoms with Crippen molar-refractivity contribution in [3.63, 3.8) is 0 Å². The van der Waals surface area contributed by atoms with Crippen molar-refractivity contribution in [2.45, 2.75) is 30.3 Å². The molecule has 0 amide bonds. The minimum atomic E-state index is -3.53. The molecule has 20 heavy (non-hydrogen) atoms. The fraction of sp³-hybridized carbons (Fsp3) is 0.538. The molecular weight excluding hydrogens is 316 g/mol. The second kappa shape index (κ2) is 7.13. The Hall–Kier alpha value is -0.270. The topological polar surface area (TPSA) is 58.2 Å². The Morgan fingerprint density at radius 1 is 1.40 bits per heavy atom. The van der Waals surface area contributed by atoms with Gasteiger partial charge in [0.05, 0.1) is 5.02 Å². The van der Waals surface area contributed by atoms with Gasteiger partial charge in [-0.1, -0.05) is 17.7 Å². The molecule has 0 radical (unpaired) electrons. The van der Waals surface area contributed by atoms with E-state index in [2.05, 4.69) is 10.0 Å². The standard InChI is InChI=1S/C13H19ClN2O2S2/c1-19-7-6-16-20(17,18)13-8-10(2-5-12(13)14)9-15-11-3-4-11/h2,5,8,11,15-16H,3-4,6-7,9H2,1H3. The van der Waals surface area contributed by atoms with Crippen LogP contribution in [0.15, 0.2) is 23.1 Å². The zero-order chi connectivity index (χ0) is 14.6. The molecule has 0 unspecified atom stereocenters. The molecule has 1 aliphatic carbocycles. The second-order valence-electron chi connectivity index (χ2n) is 4.81. The van der Waals surface area contributed by atoms with E-state index in [0.29, 0.717) is 19.1 Å². The number of hydrogen-bond donors (Lipinski definition) is 2. The van der Waals surface area contributed by atoms with Crippen LogP contribution in [0.1, 0.15) is 18.4 Å². The molecule has 2 N–H and O–H groups in total. The number of rotatable bonds is 8. The smallest absolute Gasteiger partial charge is 0.242 e. The summed E-state index contributed by atoms with van der Waals surface area (Å²) in [6.07, 6.45) is 4.34. The predicted octanol–water partition coefficient (Wildman–Crippen LogP) is 2.23. The van der Waals surface area contributed by atoms with Crippen molar-refractivity contribution in [1.29, 1.82) is 0 Å². The van der Waals surface area contributed by atoms with Crippen LogP contribution in [0.3, 0.4) is 0 Å². The van der Waals surface area contributed by atoms with Gasteiger partial charge < -0.3 is 5.32 Å². The van der Waals surface area contributed by atoms with Crippen molar-refractivity contribution >= 4 is 33.4 Å². The third-order valence-electron chi connectivity index (χ3n) is 3.06. The molecule has 0 atom stereocenters. The van der Waals surface area contributed by atoms with E-state index in [1.807, 2.05) is 12.3 Å². The van der Waals surface area contributed by atoms with Crippen LogP contribution in [-0.2, 0) is 16.6 Å². The maximum Gasteiger partial charge on any atom is 0.242 e. The van der Waals surface area contributed by atoms with Crippen LogP contribution >= 0.6 is 23.4 Å². The molecule has 4 nitrogen and oxygen atoms in total. The average Bonchev–Trinajstić information content (AvgIpc) is 3.22. The van der Waals surface area contributed by atoms with Crippen LogP contribution in [0.25, 0.3) is 0 Å². The predicted molar refractivity (Wildman–Crippen MR) is 84.9 cm³/mol. The first-order valence-electron chi connectivity index (χ1n) is 6.53. The van der Waals surface area contributed by atoms with Gasteiger partial charge in [-0.3, -0.25) is 0 Å². The number of halogens is 1. The van der Waals surface area contributed by atoms with Gasteiger partial charge in [0.2, 0.25) is 10.0 Å². The number of hydrogen-bond acceptors (Lipinski definition) is 4. The van der Waals surface area contributed by atoms with Crippen LogP contribution < -0.4 is 10.0 Å². The van der Waals surface area contributed by atoms with Crippen LogP contribution in [0.5, 0.6) is 0 Å². The highest BCUT2D eigenvalue weighted by molar-refractivity contribution is 7.98. The zero-order valence-electron chi connectivity index (χ0n) is 11.4. The average molecular weight is 335 g/mol. The molecule has 1 aromatic carbocycles. The third-order valence-corrected chi connectivity index (χ3v) is 5.61. The fourth-order valence-corrected chi connectivity index (χ4v) is 3.78. The molecule has 1 aromatic rings. The van der Waals surface area contributed by atoms with Crippen molar-refractivity contribution in [2.24, 2.45) is 0 Å². The lowest BCUT2D eigenvalue weighted by atomic mass is 10.2. The van der Waals surface area contributed by atoms with Gasteiger partial charge in [-0.05, 0) is 36.8 Å². The van der Waals surface area contributed by atoms with Crippen molar-refractivity contribution < 1.29 is 8.42 Å². The summed E-state index contributed by atoms with van der Waals surface area (Å²) in [5, 5.41) is 3.62. The molecule has 0 heterocycles. The van der Waals surface area contributed by atoms with Crippen molar-refractivity contribution in [2.75, 3.05) is 18.6 Å². The van der Waals surface area contributed by atoms with Crippen LogP contribution in [0.2, 0.25) is 5.02 Å². The lowest BCUT2D eigenvalue weighted by Gasteiger charge is -2.10. The summed E-state index contributed by atoms with van der Waals surface area (Å²) < 4.78 is 27.0. The first-order valence-corrected chi connectivity index (χ1v) is 9.79. The SMILES string of the molecule is CSCCNS(=O)(=O)c1cc(CNC2CC2)ccc1Cl. The maximum atomic E-state index is 12.2. The van der Waals surface area contributed by atoms with Crippen molar-refractivity contribution in [3.05, 3.63) is 28.8 Å². The lowest BCUT2D eigenvalue weighted by molar-refractivity contribution is 0.584. The molecule has 0 spiro atoms. The largest absolute Gasteiger partial charge is 0.310 e. The number of thioether (sulfide) groups is 1. The molecule has 1 fully saturated rings. The molecule has 0 aromatic heterocycles. The van der Waals surface area contributed by atoms with Crippen molar-refractivity contribution in [3.8, 4) is 0 Å². The van der Waals surface area contributed by atoms with Gasteiger partial charge in [0.1, 0.15) is 4.90 Å². The van der Waals surface area contributed by atoms with Gasteiger partial charge in [-0.25, -0.2) is 13.1 Å². The molecule has 2 rings (SSSR count). The first-order chi connectivity index (χ1) is 9.53. The Balaban J connectivity index is 2.09. The highest BCUT2D eigenvalue weighted by atomic mass is 35.5. The van der Waals surface area contributed by atoms with E-state index < -0.39 is 10.0 Å². The first kappa shape index (κ1) is 16.1. The molecule has 112 valence electrons. The third kappa shape index (κ3) is 4.63. The van der Waals surface area contributed by atoms with E-state index in [9.17, 15) is 8.42 Å². The summed E-state index contributed by atoms with van der Waals surface area (Å²) in [6.45, 7) is 1.08. The Kier molecular flexibility index (Phi) is 5.74. The fourth-order valence-electron chi connectivity index (χ4n) is 1.77. The van der Waals surface area contributed by atoms with E-state index in [0.717, 1.165) is 11.3 Å². The highest BCUT2D eigenvalue weighted by Gasteiger charge is 2.21. The van der Waals surface area contributed by atoms with Crippen molar-refractivity contribution in [1.82, 2.24) is 10.0 Å². The molecular formula is C13H19ClN2O2S2. The molecule has 1 saturated carbocycles. The normalized spacial score (nSPS) is 15.5. The minimum Gasteiger partial charge on any atom is -0.310 e. The number of sulfonamides is 1. The molecule has 0 aliphatic heterocycles. The van der Waals surface area contributed by atoms with Gasteiger partial charge in [-0.15, -0.1) is 0 Å². The summed E-state index contributed by atoms with van der Waals surface area (Å²) in [4.78, 5) is 0.162. The van der Waals surface area contributed by atoms with Crippen LogP contribution in [0.4, 0.5) is 0 Å². The lowest BCUT2D eigenvalue weighted by Crippen LogP contribution is -2.26. The highest BCUT2D eigenvalue weighted by Crippen LogP contribution is 2.24.